The van der Waals surface area contributed by atoms with E-state index in [4.69, 9.17) is 9.47 Å². The van der Waals surface area contributed by atoms with Gasteiger partial charge in [0.2, 0.25) is 0 Å². The lowest BCUT2D eigenvalue weighted by molar-refractivity contribution is -0.129. The summed E-state index contributed by atoms with van der Waals surface area (Å²) in [4.78, 5) is 27.8. The van der Waals surface area contributed by atoms with Gasteiger partial charge in [0.1, 0.15) is 25.0 Å². The number of oxime groups is 1. The number of methoxy groups -OCH3 is 1. The normalized spacial score (nSPS) is 10.9. The number of rotatable bonds is 7. The molecular formula is C18H17NO6. The van der Waals surface area contributed by atoms with Crippen LogP contribution in [0.1, 0.15) is 21.5 Å². The van der Waals surface area contributed by atoms with Crippen LogP contribution in [0.15, 0.2) is 53.7 Å². The first-order chi connectivity index (χ1) is 12.1. The van der Waals surface area contributed by atoms with Gasteiger partial charge in [0.25, 0.3) is 0 Å². The van der Waals surface area contributed by atoms with Crippen LogP contribution in [0.2, 0.25) is 0 Å². The average Bonchev–Trinajstić information content (AvgIpc) is 2.64. The summed E-state index contributed by atoms with van der Waals surface area (Å²) in [5.74, 6) is -1.40. The van der Waals surface area contributed by atoms with Crippen molar-refractivity contribution in [1.29, 1.82) is 0 Å². The van der Waals surface area contributed by atoms with Gasteiger partial charge in [-0.05, 0) is 17.7 Å². The van der Waals surface area contributed by atoms with E-state index in [9.17, 15) is 14.7 Å². The number of hydrogen-bond acceptors (Lipinski definition) is 6. The van der Waals surface area contributed by atoms with Gasteiger partial charge < -0.3 is 19.4 Å². The standard InChI is InChI=1S/C18H17NO6/c1-23-18(22)14-9-5-6-10-15(14)25-11-12-7-3-4-8-13(12)16(17(20)21)19-24-2/h3-10H,11H2,1-2H3,(H,20,21)/b19-16+. The maximum absolute atomic E-state index is 11.8. The molecule has 0 amide bonds. The van der Waals surface area contributed by atoms with Crippen LogP contribution >= 0.6 is 0 Å². The number of hydrogen-bond donors (Lipinski definition) is 1. The van der Waals surface area contributed by atoms with Gasteiger partial charge >= 0.3 is 11.9 Å². The van der Waals surface area contributed by atoms with E-state index in [1.54, 1.807) is 48.5 Å². The van der Waals surface area contributed by atoms with E-state index in [2.05, 4.69) is 9.99 Å². The quantitative estimate of drug-likeness (QED) is 0.471. The van der Waals surface area contributed by atoms with Crippen LogP contribution in [-0.2, 0) is 21.0 Å². The highest BCUT2D eigenvalue weighted by Gasteiger charge is 2.18. The Bertz CT molecular complexity index is 800. The predicted molar refractivity (Wildman–Crippen MR) is 89.7 cm³/mol. The summed E-state index contributed by atoms with van der Waals surface area (Å²) in [6, 6.07) is 13.4. The minimum Gasteiger partial charge on any atom is -0.488 e. The molecule has 0 saturated carbocycles. The zero-order valence-electron chi connectivity index (χ0n) is 13.8. The lowest BCUT2D eigenvalue weighted by Crippen LogP contribution is -2.17. The second-order valence-corrected chi connectivity index (χ2v) is 4.86. The summed E-state index contributed by atoms with van der Waals surface area (Å²) < 4.78 is 10.4. The Labute approximate surface area is 144 Å². The number of para-hydroxylation sites is 1. The molecule has 0 heterocycles. The summed E-state index contributed by atoms with van der Waals surface area (Å²) in [7, 11) is 2.56. The first-order valence-corrected chi connectivity index (χ1v) is 7.31. The smallest absolute Gasteiger partial charge is 0.358 e. The molecule has 130 valence electrons. The zero-order chi connectivity index (χ0) is 18.2. The van der Waals surface area contributed by atoms with Crippen LogP contribution in [0.5, 0.6) is 5.75 Å². The molecule has 2 rings (SSSR count). The number of carboxylic acids is 1. The fourth-order valence-corrected chi connectivity index (χ4v) is 2.20. The summed E-state index contributed by atoms with van der Waals surface area (Å²) >= 11 is 0. The lowest BCUT2D eigenvalue weighted by Gasteiger charge is -2.12. The van der Waals surface area contributed by atoms with Gasteiger partial charge in [0, 0.05) is 5.56 Å². The van der Waals surface area contributed by atoms with Crippen molar-refractivity contribution in [3.63, 3.8) is 0 Å². The topological polar surface area (TPSA) is 94.4 Å². The predicted octanol–water partition coefficient (Wildman–Crippen LogP) is 2.49. The van der Waals surface area contributed by atoms with Gasteiger partial charge in [-0.1, -0.05) is 41.6 Å². The van der Waals surface area contributed by atoms with E-state index in [0.717, 1.165) is 0 Å². The summed E-state index contributed by atoms with van der Waals surface area (Å²) in [6.45, 7) is 0.0419. The fraction of sp³-hybridized carbons (Fsp3) is 0.167. The molecule has 0 aliphatic heterocycles. The number of esters is 1. The van der Waals surface area contributed by atoms with Crippen molar-refractivity contribution in [2.45, 2.75) is 6.61 Å². The molecule has 0 aliphatic carbocycles. The lowest BCUT2D eigenvalue weighted by atomic mass is 10.0. The molecule has 0 spiro atoms. The maximum Gasteiger partial charge on any atom is 0.358 e. The van der Waals surface area contributed by atoms with Crippen molar-refractivity contribution >= 4 is 17.7 Å². The number of ether oxygens (including phenoxy) is 2. The number of carboxylic acid groups (broad SMARTS) is 1. The largest absolute Gasteiger partial charge is 0.488 e. The van der Waals surface area contributed by atoms with Crippen LogP contribution in [-0.4, -0.2) is 37.0 Å². The van der Waals surface area contributed by atoms with E-state index in [1.807, 2.05) is 0 Å². The Morgan fingerprint density at radius 1 is 1.00 bits per heavy atom. The SMILES string of the molecule is CO/N=C(/C(=O)O)c1ccccc1COc1ccccc1C(=O)OC. The number of aliphatic carboxylic acids is 1. The molecule has 2 aromatic rings. The van der Waals surface area contributed by atoms with Crippen molar-refractivity contribution < 1.29 is 29.0 Å². The average molecular weight is 343 g/mol. The molecule has 0 fully saturated rings. The third-order valence-electron chi connectivity index (χ3n) is 3.33. The van der Waals surface area contributed by atoms with Gasteiger partial charge in [0.15, 0.2) is 5.71 Å². The van der Waals surface area contributed by atoms with E-state index >= 15 is 0 Å². The van der Waals surface area contributed by atoms with Crippen LogP contribution in [0.25, 0.3) is 0 Å². The van der Waals surface area contributed by atoms with Gasteiger partial charge in [-0.2, -0.15) is 0 Å². The Morgan fingerprint density at radius 2 is 1.64 bits per heavy atom. The highest BCUT2D eigenvalue weighted by Crippen LogP contribution is 2.21. The van der Waals surface area contributed by atoms with Crippen LogP contribution in [0, 0.1) is 0 Å². The van der Waals surface area contributed by atoms with Crippen LogP contribution in [0.3, 0.4) is 0 Å². The molecule has 0 bridgehead atoms. The van der Waals surface area contributed by atoms with Crippen molar-refractivity contribution in [2.75, 3.05) is 14.2 Å². The molecule has 7 heteroatoms. The monoisotopic (exact) mass is 343 g/mol. The third-order valence-corrected chi connectivity index (χ3v) is 3.33. The summed E-state index contributed by atoms with van der Waals surface area (Å²) in [6.07, 6.45) is 0. The highest BCUT2D eigenvalue weighted by atomic mass is 16.6. The van der Waals surface area contributed by atoms with Crippen LogP contribution in [0.4, 0.5) is 0 Å². The minimum atomic E-state index is -1.22. The highest BCUT2D eigenvalue weighted by molar-refractivity contribution is 6.42. The minimum absolute atomic E-state index is 0.0419. The third kappa shape index (κ3) is 4.35. The van der Waals surface area contributed by atoms with E-state index in [1.165, 1.54) is 14.2 Å². The van der Waals surface area contributed by atoms with Crippen molar-refractivity contribution in [1.82, 2.24) is 0 Å². The molecule has 0 aliphatic rings. The molecule has 0 aromatic heterocycles. The molecule has 0 atom stereocenters. The number of benzene rings is 2. The summed E-state index contributed by atoms with van der Waals surface area (Å²) in [5, 5.41) is 12.9. The Balaban J connectivity index is 2.30. The first-order valence-electron chi connectivity index (χ1n) is 7.31. The maximum atomic E-state index is 11.8. The molecule has 25 heavy (non-hydrogen) atoms. The molecule has 0 radical (unpaired) electrons. The fourth-order valence-electron chi connectivity index (χ4n) is 2.20. The van der Waals surface area contributed by atoms with Gasteiger partial charge in [0.05, 0.1) is 7.11 Å². The first kappa shape index (κ1) is 18.0. The van der Waals surface area contributed by atoms with Gasteiger partial charge in [-0.3, -0.25) is 0 Å². The Morgan fingerprint density at radius 3 is 2.28 bits per heavy atom. The van der Waals surface area contributed by atoms with Gasteiger partial charge in [-0.25, -0.2) is 9.59 Å². The van der Waals surface area contributed by atoms with E-state index < -0.39 is 11.9 Å². The zero-order valence-corrected chi connectivity index (χ0v) is 13.8. The molecule has 0 saturated heterocycles. The van der Waals surface area contributed by atoms with E-state index in [0.29, 0.717) is 16.9 Å². The molecule has 0 unspecified atom stereocenters. The number of carbonyl (C=O) groups excluding carboxylic acids is 1. The van der Waals surface area contributed by atoms with E-state index in [-0.39, 0.29) is 17.9 Å². The molecule has 2 aromatic carbocycles. The Hall–Kier alpha value is -3.35. The number of carbonyl (C=O) groups is 2. The van der Waals surface area contributed by atoms with Gasteiger partial charge in [-0.15, -0.1) is 0 Å². The van der Waals surface area contributed by atoms with Crippen molar-refractivity contribution in [3.8, 4) is 5.75 Å². The molecule has 1 N–H and O–H groups in total. The second kappa shape index (κ2) is 8.49. The van der Waals surface area contributed by atoms with Crippen molar-refractivity contribution in [3.05, 3.63) is 65.2 Å². The Kier molecular flexibility index (Phi) is 6.11. The summed E-state index contributed by atoms with van der Waals surface area (Å²) in [5.41, 5.74) is 1.00. The van der Waals surface area contributed by atoms with Crippen LogP contribution < -0.4 is 4.74 Å². The number of nitrogens with zero attached hydrogens (tertiary/aromatic N) is 1. The van der Waals surface area contributed by atoms with Crippen molar-refractivity contribution in [2.24, 2.45) is 5.16 Å². The molecule has 7 nitrogen and oxygen atoms in total. The second-order valence-electron chi connectivity index (χ2n) is 4.86. The molecular weight excluding hydrogens is 326 g/mol.